The number of nitrogens with zero attached hydrogens (tertiary/aromatic N) is 1. The maximum absolute atomic E-state index is 10.5. The van der Waals surface area contributed by atoms with Gasteiger partial charge in [-0.05, 0) is 47.5 Å². The van der Waals surface area contributed by atoms with Crippen molar-refractivity contribution in [2.24, 2.45) is 5.73 Å². The SMILES string of the molecule is CC[C@H](N)COc1ccnc(Cl)c1Br.Cc1ccc(S(=O)(=O)O)cc1. The predicted octanol–water partition coefficient (Wildman–Crippen LogP) is 3.86. The van der Waals surface area contributed by atoms with Crippen LogP contribution in [0.5, 0.6) is 5.75 Å². The maximum atomic E-state index is 10.5. The second-order valence-electron chi connectivity index (χ2n) is 5.18. The van der Waals surface area contributed by atoms with Gasteiger partial charge >= 0.3 is 0 Å². The first-order chi connectivity index (χ1) is 11.6. The molecule has 0 amide bonds. The molecule has 1 aromatic carbocycles. The van der Waals surface area contributed by atoms with E-state index in [4.69, 9.17) is 26.6 Å². The summed E-state index contributed by atoms with van der Waals surface area (Å²) in [7, 11) is -4.02. The van der Waals surface area contributed by atoms with Gasteiger partial charge in [0.1, 0.15) is 17.5 Å². The first kappa shape index (κ1) is 21.9. The molecular formula is C16H20BrClN2O4S. The number of halogens is 2. The van der Waals surface area contributed by atoms with Crippen LogP contribution in [0.3, 0.4) is 0 Å². The van der Waals surface area contributed by atoms with Gasteiger partial charge in [-0.3, -0.25) is 4.55 Å². The number of hydrogen-bond acceptors (Lipinski definition) is 5. The van der Waals surface area contributed by atoms with Crippen LogP contribution in [0, 0.1) is 6.92 Å². The van der Waals surface area contributed by atoms with Crippen molar-refractivity contribution < 1.29 is 17.7 Å². The molecule has 0 unspecified atom stereocenters. The minimum absolute atomic E-state index is 0.0499. The van der Waals surface area contributed by atoms with Crippen LogP contribution in [-0.2, 0) is 10.1 Å². The number of aryl methyl sites for hydroxylation is 1. The summed E-state index contributed by atoms with van der Waals surface area (Å²) < 4.78 is 35.7. The average molecular weight is 452 g/mol. The quantitative estimate of drug-likeness (QED) is 0.528. The molecule has 2 aromatic rings. The van der Waals surface area contributed by atoms with Gasteiger partial charge in [-0.25, -0.2) is 4.98 Å². The van der Waals surface area contributed by atoms with Gasteiger partial charge in [-0.2, -0.15) is 8.42 Å². The Morgan fingerprint density at radius 2 is 1.92 bits per heavy atom. The Kier molecular flexibility index (Phi) is 8.81. The van der Waals surface area contributed by atoms with Gasteiger partial charge < -0.3 is 10.5 Å². The van der Waals surface area contributed by atoms with Crippen LogP contribution in [0.1, 0.15) is 18.9 Å². The molecule has 0 saturated heterocycles. The monoisotopic (exact) mass is 450 g/mol. The van der Waals surface area contributed by atoms with Crippen LogP contribution in [0.25, 0.3) is 0 Å². The average Bonchev–Trinajstić information content (AvgIpc) is 2.56. The second-order valence-corrected chi connectivity index (χ2v) is 7.75. The van der Waals surface area contributed by atoms with Crippen molar-refractivity contribution in [3.8, 4) is 5.75 Å². The number of pyridine rings is 1. The van der Waals surface area contributed by atoms with E-state index in [0.29, 0.717) is 22.0 Å². The highest BCUT2D eigenvalue weighted by molar-refractivity contribution is 9.10. The van der Waals surface area contributed by atoms with E-state index in [-0.39, 0.29) is 10.9 Å². The third-order valence-corrected chi connectivity index (χ3v) is 5.26. The van der Waals surface area contributed by atoms with Gasteiger partial charge in [0.25, 0.3) is 10.1 Å². The van der Waals surface area contributed by atoms with Crippen molar-refractivity contribution >= 4 is 37.6 Å². The largest absolute Gasteiger partial charge is 0.491 e. The third-order valence-electron chi connectivity index (χ3n) is 3.11. The fourth-order valence-corrected chi connectivity index (χ4v) is 2.52. The summed E-state index contributed by atoms with van der Waals surface area (Å²) in [6.07, 6.45) is 2.48. The molecule has 0 bridgehead atoms. The zero-order chi connectivity index (χ0) is 19.0. The Morgan fingerprint density at radius 1 is 1.32 bits per heavy atom. The van der Waals surface area contributed by atoms with Crippen molar-refractivity contribution in [2.75, 3.05) is 6.61 Å². The molecule has 0 spiro atoms. The van der Waals surface area contributed by atoms with Crippen molar-refractivity contribution in [1.82, 2.24) is 4.98 Å². The first-order valence-electron chi connectivity index (χ1n) is 7.37. The lowest BCUT2D eigenvalue weighted by atomic mass is 10.2. The van der Waals surface area contributed by atoms with Crippen LogP contribution in [0.2, 0.25) is 5.15 Å². The fraction of sp³-hybridized carbons (Fsp3) is 0.312. The fourth-order valence-electron chi connectivity index (χ4n) is 1.54. The normalized spacial score (nSPS) is 12.1. The standard InChI is InChI=1S/C9H12BrClN2O.C7H8O3S/c1-2-6(12)5-14-7-3-4-13-9(11)8(7)10;1-6-2-4-7(5-3-6)11(8,9)10/h3-4,6H,2,5,12H2,1H3;2-5H,1H3,(H,8,9,10)/t6-;/m0./s1. The molecule has 3 N–H and O–H groups in total. The zero-order valence-corrected chi connectivity index (χ0v) is 17.0. The van der Waals surface area contributed by atoms with E-state index in [2.05, 4.69) is 20.9 Å². The predicted molar refractivity (Wildman–Crippen MR) is 102 cm³/mol. The molecule has 0 aliphatic rings. The number of nitrogens with two attached hydrogens (primary N) is 1. The van der Waals surface area contributed by atoms with Crippen LogP contribution in [0.15, 0.2) is 45.9 Å². The molecule has 6 nitrogen and oxygen atoms in total. The summed E-state index contributed by atoms with van der Waals surface area (Å²) in [6.45, 7) is 4.34. The number of ether oxygens (including phenoxy) is 1. The van der Waals surface area contributed by atoms with Gasteiger partial charge in [-0.15, -0.1) is 0 Å². The minimum atomic E-state index is -4.02. The minimum Gasteiger partial charge on any atom is -0.491 e. The van der Waals surface area contributed by atoms with Gasteiger partial charge in [0, 0.05) is 12.2 Å². The molecule has 0 radical (unpaired) electrons. The summed E-state index contributed by atoms with van der Waals surface area (Å²) in [6, 6.07) is 7.79. The summed E-state index contributed by atoms with van der Waals surface area (Å²) >= 11 is 9.09. The van der Waals surface area contributed by atoms with Crippen LogP contribution in [0.4, 0.5) is 0 Å². The summed E-state index contributed by atoms with van der Waals surface area (Å²) in [5.41, 5.74) is 6.68. The van der Waals surface area contributed by atoms with Crippen molar-refractivity contribution in [3.05, 3.63) is 51.7 Å². The van der Waals surface area contributed by atoms with Gasteiger partial charge in [-0.1, -0.05) is 36.2 Å². The van der Waals surface area contributed by atoms with Gasteiger partial charge in [0.15, 0.2) is 0 Å². The first-order valence-corrected chi connectivity index (χ1v) is 9.98. The number of hydrogen-bond donors (Lipinski definition) is 2. The maximum Gasteiger partial charge on any atom is 0.294 e. The molecule has 138 valence electrons. The number of rotatable bonds is 5. The summed E-state index contributed by atoms with van der Waals surface area (Å²) in [4.78, 5) is 3.83. The van der Waals surface area contributed by atoms with E-state index >= 15 is 0 Å². The highest BCUT2D eigenvalue weighted by atomic mass is 79.9. The molecule has 25 heavy (non-hydrogen) atoms. The number of aromatic nitrogens is 1. The van der Waals surface area contributed by atoms with Crippen molar-refractivity contribution in [2.45, 2.75) is 31.2 Å². The van der Waals surface area contributed by atoms with Crippen molar-refractivity contribution in [1.29, 1.82) is 0 Å². The Labute approximate surface area is 161 Å². The molecule has 0 saturated carbocycles. The highest BCUT2D eigenvalue weighted by Crippen LogP contribution is 2.30. The van der Waals surface area contributed by atoms with Gasteiger partial charge in [0.05, 0.1) is 9.37 Å². The van der Waals surface area contributed by atoms with Crippen molar-refractivity contribution in [3.63, 3.8) is 0 Å². The second kappa shape index (κ2) is 10.1. The van der Waals surface area contributed by atoms with Gasteiger partial charge in [0.2, 0.25) is 0 Å². The van der Waals surface area contributed by atoms with E-state index < -0.39 is 10.1 Å². The smallest absolute Gasteiger partial charge is 0.294 e. The molecule has 9 heteroatoms. The Balaban J connectivity index is 0.000000257. The topological polar surface area (TPSA) is 103 Å². The van der Waals surface area contributed by atoms with E-state index in [1.54, 1.807) is 24.4 Å². The zero-order valence-electron chi connectivity index (χ0n) is 13.8. The Morgan fingerprint density at radius 3 is 2.44 bits per heavy atom. The highest BCUT2D eigenvalue weighted by Gasteiger charge is 2.08. The lowest BCUT2D eigenvalue weighted by Gasteiger charge is -2.12. The Bertz CT molecular complexity index is 785. The molecule has 1 heterocycles. The molecule has 0 fully saturated rings. The van der Waals surface area contributed by atoms with E-state index in [9.17, 15) is 8.42 Å². The van der Waals surface area contributed by atoms with Crippen LogP contribution < -0.4 is 10.5 Å². The summed E-state index contributed by atoms with van der Waals surface area (Å²) in [5.74, 6) is 0.675. The summed E-state index contributed by atoms with van der Waals surface area (Å²) in [5, 5.41) is 0.396. The molecule has 1 aromatic heterocycles. The molecule has 0 aliphatic carbocycles. The lowest BCUT2D eigenvalue weighted by molar-refractivity contribution is 0.283. The lowest BCUT2D eigenvalue weighted by Crippen LogP contribution is -2.26. The molecule has 1 atom stereocenters. The van der Waals surface area contributed by atoms with Crippen LogP contribution in [-0.4, -0.2) is 30.6 Å². The van der Waals surface area contributed by atoms with E-state index in [0.717, 1.165) is 12.0 Å². The van der Waals surface area contributed by atoms with E-state index in [1.165, 1.54) is 12.1 Å². The van der Waals surface area contributed by atoms with E-state index in [1.807, 2.05) is 13.8 Å². The van der Waals surface area contributed by atoms with Crippen LogP contribution >= 0.6 is 27.5 Å². The molecule has 2 rings (SSSR count). The third kappa shape index (κ3) is 7.70. The molecular weight excluding hydrogens is 432 g/mol. The Hall–Kier alpha value is -1.19. The number of benzene rings is 1. The molecule has 0 aliphatic heterocycles.